The van der Waals surface area contributed by atoms with Crippen molar-refractivity contribution in [2.24, 2.45) is 5.10 Å². The number of benzene rings is 3. The number of methoxy groups -OCH3 is 1. The molecule has 0 fully saturated rings. The van der Waals surface area contributed by atoms with Crippen LogP contribution in [0.4, 0.5) is 0 Å². The van der Waals surface area contributed by atoms with Crippen molar-refractivity contribution in [2.75, 3.05) is 12.9 Å². The van der Waals surface area contributed by atoms with Crippen molar-refractivity contribution in [1.29, 1.82) is 0 Å². The second kappa shape index (κ2) is 12.9. The van der Waals surface area contributed by atoms with E-state index >= 15 is 0 Å². The number of hydrazone groups is 1. The Hall–Kier alpha value is -2.85. The van der Waals surface area contributed by atoms with Crippen LogP contribution in [0.15, 0.2) is 86.0 Å². The fourth-order valence-corrected chi connectivity index (χ4v) is 5.55. The molecule has 0 saturated carbocycles. The van der Waals surface area contributed by atoms with Crippen molar-refractivity contribution in [1.82, 2.24) is 10.4 Å². The Morgan fingerprint density at radius 1 is 1.19 bits per heavy atom. The zero-order valence-corrected chi connectivity index (χ0v) is 23.1. The summed E-state index contributed by atoms with van der Waals surface area (Å²) in [5, 5.41) is 6.71. The topological polar surface area (TPSA) is 72.8 Å². The highest BCUT2D eigenvalue weighted by molar-refractivity contribution is 9.10. The molecule has 0 saturated heterocycles. The summed E-state index contributed by atoms with van der Waals surface area (Å²) in [6, 6.07) is 21.0. The number of carbonyl (C=O) groups is 1. The van der Waals surface area contributed by atoms with E-state index in [9.17, 15) is 4.79 Å². The van der Waals surface area contributed by atoms with Gasteiger partial charge in [-0.05, 0) is 51.3 Å². The normalized spacial score (nSPS) is 11.0. The maximum atomic E-state index is 12.2. The number of halogens is 2. The number of aromatic nitrogens is 1. The lowest BCUT2D eigenvalue weighted by atomic mass is 10.2. The molecule has 10 heteroatoms. The molecule has 0 aliphatic rings. The molecule has 6 nitrogen and oxygen atoms in total. The highest BCUT2D eigenvalue weighted by atomic mass is 79.9. The van der Waals surface area contributed by atoms with Crippen LogP contribution in [0.25, 0.3) is 11.3 Å². The van der Waals surface area contributed by atoms with Gasteiger partial charge in [0.25, 0.3) is 5.91 Å². The first-order valence-corrected chi connectivity index (χ1v) is 13.8. The molecule has 0 spiro atoms. The highest BCUT2D eigenvalue weighted by Crippen LogP contribution is 2.37. The van der Waals surface area contributed by atoms with Crippen LogP contribution >= 0.6 is 50.6 Å². The molecule has 3 aromatic carbocycles. The van der Waals surface area contributed by atoms with Crippen LogP contribution in [0.1, 0.15) is 11.1 Å². The Labute approximate surface area is 230 Å². The second-order valence-electron chi connectivity index (χ2n) is 7.40. The molecule has 0 unspecified atom stereocenters. The predicted molar refractivity (Wildman–Crippen MR) is 150 cm³/mol. The van der Waals surface area contributed by atoms with E-state index in [2.05, 4.69) is 31.4 Å². The van der Waals surface area contributed by atoms with Crippen LogP contribution in [0.2, 0.25) is 5.02 Å². The lowest BCUT2D eigenvalue weighted by Gasteiger charge is -2.13. The van der Waals surface area contributed by atoms with Crippen molar-refractivity contribution in [3.05, 3.63) is 92.7 Å². The van der Waals surface area contributed by atoms with E-state index in [1.807, 2.05) is 66.0 Å². The molecule has 184 valence electrons. The molecule has 0 aliphatic heterocycles. The van der Waals surface area contributed by atoms with E-state index in [1.165, 1.54) is 23.1 Å². The number of hydrogen-bond acceptors (Lipinski definition) is 7. The molecular formula is C26H21BrClN3O3S2. The molecule has 1 heterocycles. The highest BCUT2D eigenvalue weighted by Gasteiger charge is 2.12. The second-order valence-corrected chi connectivity index (χ2v) is 10.8. The van der Waals surface area contributed by atoms with Crippen molar-refractivity contribution in [3.8, 4) is 22.8 Å². The Balaban J connectivity index is 1.30. The fourth-order valence-electron chi connectivity index (χ4n) is 3.14. The Morgan fingerprint density at radius 2 is 2.03 bits per heavy atom. The molecule has 1 aromatic heterocycles. The number of hydrogen-bond donors (Lipinski definition) is 1. The summed E-state index contributed by atoms with van der Waals surface area (Å²) in [5.41, 5.74) is 6.18. The third kappa shape index (κ3) is 7.33. The van der Waals surface area contributed by atoms with Crippen LogP contribution in [0.3, 0.4) is 0 Å². The van der Waals surface area contributed by atoms with Gasteiger partial charge in [-0.2, -0.15) is 5.10 Å². The lowest BCUT2D eigenvalue weighted by Crippen LogP contribution is -2.19. The van der Waals surface area contributed by atoms with Crippen LogP contribution in [-0.4, -0.2) is 30.0 Å². The number of carbonyl (C=O) groups excluding carboxylic acids is 1. The van der Waals surface area contributed by atoms with Crippen molar-refractivity contribution in [3.63, 3.8) is 0 Å². The molecule has 0 bridgehead atoms. The average molecular weight is 603 g/mol. The first kappa shape index (κ1) is 26.2. The van der Waals surface area contributed by atoms with Crippen LogP contribution < -0.4 is 14.9 Å². The van der Waals surface area contributed by atoms with Gasteiger partial charge in [0.05, 0.1) is 29.2 Å². The Morgan fingerprint density at radius 3 is 2.81 bits per heavy atom. The first-order valence-electron chi connectivity index (χ1n) is 10.7. The van der Waals surface area contributed by atoms with Gasteiger partial charge in [0, 0.05) is 16.0 Å². The van der Waals surface area contributed by atoms with Crippen LogP contribution in [0, 0.1) is 0 Å². The number of amides is 1. The number of ether oxygens (including phenoxy) is 2. The molecule has 36 heavy (non-hydrogen) atoms. The van der Waals surface area contributed by atoms with Gasteiger partial charge in [-0.25, -0.2) is 10.4 Å². The van der Waals surface area contributed by atoms with Crippen LogP contribution in [0.5, 0.6) is 11.5 Å². The van der Waals surface area contributed by atoms with Crippen molar-refractivity contribution >= 4 is 62.8 Å². The SMILES string of the molecule is COc1cc(/C=N/NC(=O)CSc2nc(-c3ccccc3)cs2)cc(Br)c1OCc1cccc(Cl)c1. The summed E-state index contributed by atoms with van der Waals surface area (Å²) in [5.74, 6) is 1.09. The standard InChI is InChI=1S/C26H21BrClN3O3S2/c1-33-23-12-18(11-21(27)25(23)34-14-17-6-5-9-20(28)10-17)13-29-31-24(32)16-36-26-30-22(15-35-26)19-7-3-2-4-8-19/h2-13,15H,14,16H2,1H3,(H,31,32)/b29-13+. The van der Waals surface area contributed by atoms with E-state index in [-0.39, 0.29) is 11.7 Å². The van der Waals surface area contributed by atoms with E-state index in [0.29, 0.717) is 27.6 Å². The summed E-state index contributed by atoms with van der Waals surface area (Å²) in [6.07, 6.45) is 1.55. The number of thiazole rings is 1. The van der Waals surface area contributed by atoms with Gasteiger partial charge in [0.2, 0.25) is 0 Å². The number of nitrogens with one attached hydrogen (secondary N) is 1. The lowest BCUT2D eigenvalue weighted by molar-refractivity contribution is -0.118. The van der Waals surface area contributed by atoms with Gasteiger partial charge in [-0.15, -0.1) is 11.3 Å². The quantitative estimate of drug-likeness (QED) is 0.120. The number of nitrogens with zero attached hydrogens (tertiary/aromatic N) is 2. The number of thioether (sulfide) groups is 1. The summed E-state index contributed by atoms with van der Waals surface area (Å²) in [6.45, 7) is 0.336. The average Bonchev–Trinajstić information content (AvgIpc) is 3.36. The predicted octanol–water partition coefficient (Wildman–Crippen LogP) is 7.06. The fraction of sp³-hybridized carbons (Fsp3) is 0.115. The maximum absolute atomic E-state index is 12.2. The molecule has 0 aliphatic carbocycles. The first-order chi connectivity index (χ1) is 17.5. The van der Waals surface area contributed by atoms with Crippen molar-refractivity contribution < 1.29 is 14.3 Å². The van der Waals surface area contributed by atoms with Gasteiger partial charge in [0.15, 0.2) is 15.8 Å². The summed E-state index contributed by atoms with van der Waals surface area (Å²) in [7, 11) is 1.57. The third-order valence-corrected chi connectivity index (χ3v) is 7.65. The van der Waals surface area contributed by atoms with E-state index < -0.39 is 0 Å². The monoisotopic (exact) mass is 601 g/mol. The minimum Gasteiger partial charge on any atom is -0.493 e. The summed E-state index contributed by atoms with van der Waals surface area (Å²) in [4.78, 5) is 16.8. The van der Waals surface area contributed by atoms with E-state index in [1.54, 1.807) is 19.4 Å². The van der Waals surface area contributed by atoms with E-state index in [4.69, 9.17) is 21.1 Å². The maximum Gasteiger partial charge on any atom is 0.250 e. The minimum absolute atomic E-state index is 0.211. The molecule has 1 amide bonds. The van der Waals surface area contributed by atoms with Crippen molar-refractivity contribution in [2.45, 2.75) is 10.9 Å². The molecule has 4 aromatic rings. The molecule has 0 atom stereocenters. The molecule has 1 N–H and O–H groups in total. The largest absolute Gasteiger partial charge is 0.493 e. The summed E-state index contributed by atoms with van der Waals surface area (Å²) >= 11 is 12.5. The van der Waals surface area contributed by atoms with Crippen LogP contribution in [-0.2, 0) is 11.4 Å². The van der Waals surface area contributed by atoms with Gasteiger partial charge < -0.3 is 9.47 Å². The molecular weight excluding hydrogens is 582 g/mol. The minimum atomic E-state index is -0.222. The third-order valence-electron chi connectivity index (χ3n) is 4.81. The molecule has 4 rings (SSSR count). The smallest absolute Gasteiger partial charge is 0.250 e. The molecule has 0 radical (unpaired) electrons. The van der Waals surface area contributed by atoms with Gasteiger partial charge in [-0.1, -0.05) is 65.8 Å². The van der Waals surface area contributed by atoms with Gasteiger partial charge in [-0.3, -0.25) is 4.79 Å². The zero-order valence-electron chi connectivity index (χ0n) is 19.1. The van der Waals surface area contributed by atoms with E-state index in [0.717, 1.165) is 26.7 Å². The Kier molecular flexibility index (Phi) is 9.41. The summed E-state index contributed by atoms with van der Waals surface area (Å²) < 4.78 is 13.0. The zero-order chi connectivity index (χ0) is 25.3. The Bertz CT molecular complexity index is 1370. The number of rotatable bonds is 10. The van der Waals surface area contributed by atoms with Gasteiger partial charge in [0.1, 0.15) is 6.61 Å². The van der Waals surface area contributed by atoms with Gasteiger partial charge >= 0.3 is 0 Å².